The molecule has 74 heavy (non-hydrogen) atoms. The molecule has 0 spiro atoms. The van der Waals surface area contributed by atoms with Crippen LogP contribution >= 0.6 is 0 Å². The van der Waals surface area contributed by atoms with Gasteiger partial charge in [-0.25, -0.2) is 0 Å². The maximum atomic E-state index is 2.43. The van der Waals surface area contributed by atoms with E-state index in [4.69, 9.17) is 0 Å². The zero-order valence-electron chi connectivity index (χ0n) is 40.6. The van der Waals surface area contributed by atoms with Gasteiger partial charge < -0.3 is 9.47 Å². The van der Waals surface area contributed by atoms with Gasteiger partial charge in [-0.3, -0.25) is 0 Å². The minimum atomic E-state index is 1.07. The van der Waals surface area contributed by atoms with Crippen molar-refractivity contribution in [3.05, 3.63) is 291 Å². The number of hydrogen-bond donors (Lipinski definition) is 0. The lowest BCUT2D eigenvalue weighted by Crippen LogP contribution is -2.10. The molecule has 0 fully saturated rings. The lowest BCUT2D eigenvalue weighted by Gasteiger charge is -2.27. The molecule has 0 bridgehead atoms. The van der Waals surface area contributed by atoms with E-state index >= 15 is 0 Å². The number of anilines is 3. The number of para-hydroxylation sites is 2. The number of benzene rings is 13. The van der Waals surface area contributed by atoms with Crippen LogP contribution in [0.4, 0.5) is 17.1 Å². The molecule has 2 heteroatoms. The van der Waals surface area contributed by atoms with E-state index in [-0.39, 0.29) is 0 Å². The second-order valence-corrected chi connectivity index (χ2v) is 19.2. The second-order valence-electron chi connectivity index (χ2n) is 19.2. The van der Waals surface area contributed by atoms with E-state index in [1.807, 2.05) is 0 Å². The Kier molecular flexibility index (Phi) is 10.6. The van der Waals surface area contributed by atoms with Crippen molar-refractivity contribution in [2.45, 2.75) is 0 Å². The minimum absolute atomic E-state index is 1.07. The summed E-state index contributed by atoms with van der Waals surface area (Å²) in [6.45, 7) is 0. The molecule has 0 atom stereocenters. The maximum absolute atomic E-state index is 2.43. The molecule has 0 unspecified atom stereocenters. The average molecular weight is 941 g/mol. The van der Waals surface area contributed by atoms with Gasteiger partial charge >= 0.3 is 0 Å². The van der Waals surface area contributed by atoms with E-state index in [0.717, 1.165) is 39.4 Å². The molecule has 14 aromatic rings. The van der Waals surface area contributed by atoms with Gasteiger partial charge in [-0.15, -0.1) is 0 Å². The fourth-order valence-electron chi connectivity index (χ4n) is 11.6. The first-order valence-electron chi connectivity index (χ1n) is 25.5. The minimum Gasteiger partial charge on any atom is -0.310 e. The van der Waals surface area contributed by atoms with E-state index in [1.54, 1.807) is 0 Å². The quantitative estimate of drug-likeness (QED) is 0.131. The predicted molar refractivity (Wildman–Crippen MR) is 315 cm³/mol. The second kappa shape index (κ2) is 18.1. The van der Waals surface area contributed by atoms with Crippen LogP contribution in [0.1, 0.15) is 0 Å². The van der Waals surface area contributed by atoms with Crippen LogP contribution in [0.2, 0.25) is 0 Å². The van der Waals surface area contributed by atoms with Gasteiger partial charge in [0.05, 0.1) is 11.0 Å². The number of rotatable bonds is 9. The normalized spacial score (nSPS) is 11.5. The fourth-order valence-corrected chi connectivity index (χ4v) is 11.6. The van der Waals surface area contributed by atoms with Crippen LogP contribution in [0.3, 0.4) is 0 Å². The molecule has 0 radical (unpaired) electrons. The van der Waals surface area contributed by atoms with Crippen molar-refractivity contribution in [2.24, 2.45) is 0 Å². The number of aromatic nitrogens is 1. The zero-order valence-corrected chi connectivity index (χ0v) is 40.6. The van der Waals surface area contributed by atoms with Gasteiger partial charge in [0.2, 0.25) is 0 Å². The highest BCUT2D eigenvalue weighted by Gasteiger charge is 2.21. The first kappa shape index (κ1) is 43.1. The van der Waals surface area contributed by atoms with Gasteiger partial charge in [-0.05, 0) is 161 Å². The number of nitrogens with zero attached hydrogens (tertiary/aromatic N) is 2. The van der Waals surface area contributed by atoms with Crippen molar-refractivity contribution in [1.29, 1.82) is 0 Å². The summed E-state index contributed by atoms with van der Waals surface area (Å²) in [6.07, 6.45) is 0. The Labute approximate surface area is 430 Å². The van der Waals surface area contributed by atoms with E-state index in [1.165, 1.54) is 93.1 Å². The Balaban J connectivity index is 0.947. The highest BCUT2D eigenvalue weighted by atomic mass is 15.1. The lowest BCUT2D eigenvalue weighted by molar-refractivity contribution is 1.18. The van der Waals surface area contributed by atoms with Crippen LogP contribution in [0.15, 0.2) is 291 Å². The molecule has 0 N–H and O–H groups in total. The van der Waals surface area contributed by atoms with Crippen molar-refractivity contribution in [2.75, 3.05) is 4.90 Å². The molecule has 0 saturated heterocycles. The SMILES string of the molecule is c1ccc(-c2c(-c3ccccc3)c3cc(-c4cccc(N(c5cccc(-c6ccc7c(c6)c6ccccc6n7-c6ccccc6)c5)c5cccc(-c6cccc7ccccc67)c5)c4)ccc3c3ccccc23)cc1. The molecule has 0 aliphatic rings. The van der Waals surface area contributed by atoms with Crippen LogP contribution in [-0.2, 0) is 0 Å². The van der Waals surface area contributed by atoms with Crippen LogP contribution in [-0.4, -0.2) is 4.57 Å². The molecule has 1 aromatic heterocycles. The lowest BCUT2D eigenvalue weighted by atomic mass is 9.84. The topological polar surface area (TPSA) is 8.17 Å². The summed E-state index contributed by atoms with van der Waals surface area (Å²) in [6, 6.07) is 107. The van der Waals surface area contributed by atoms with E-state index < -0.39 is 0 Å². The Morgan fingerprint density at radius 1 is 0.230 bits per heavy atom. The molecule has 14 rings (SSSR count). The van der Waals surface area contributed by atoms with Crippen LogP contribution in [0, 0.1) is 0 Å². The molecular weight excluding hydrogens is 893 g/mol. The Morgan fingerprint density at radius 2 is 0.662 bits per heavy atom. The highest BCUT2D eigenvalue weighted by Crippen LogP contribution is 2.47. The third kappa shape index (κ3) is 7.43. The van der Waals surface area contributed by atoms with Gasteiger partial charge in [0, 0.05) is 33.5 Å². The third-order valence-corrected chi connectivity index (χ3v) is 14.9. The Hall–Kier alpha value is -9.76. The molecule has 0 aliphatic carbocycles. The first-order chi connectivity index (χ1) is 36.7. The van der Waals surface area contributed by atoms with Gasteiger partial charge in [-0.2, -0.15) is 0 Å². The summed E-state index contributed by atoms with van der Waals surface area (Å²) < 4.78 is 2.38. The van der Waals surface area contributed by atoms with Crippen LogP contribution in [0.5, 0.6) is 0 Å². The molecule has 0 aliphatic heterocycles. The summed E-state index contributed by atoms with van der Waals surface area (Å²) in [5.41, 5.74) is 18.7. The largest absolute Gasteiger partial charge is 0.310 e. The summed E-state index contributed by atoms with van der Waals surface area (Å²) in [5.74, 6) is 0. The summed E-state index contributed by atoms with van der Waals surface area (Å²) in [5, 5.41) is 9.91. The molecule has 1 heterocycles. The van der Waals surface area contributed by atoms with Gasteiger partial charge in [0.15, 0.2) is 0 Å². The van der Waals surface area contributed by atoms with Gasteiger partial charge in [0.1, 0.15) is 0 Å². The van der Waals surface area contributed by atoms with E-state index in [0.29, 0.717) is 0 Å². The Morgan fingerprint density at radius 3 is 1.34 bits per heavy atom. The monoisotopic (exact) mass is 940 g/mol. The van der Waals surface area contributed by atoms with Gasteiger partial charge in [-0.1, -0.05) is 218 Å². The van der Waals surface area contributed by atoms with Crippen molar-refractivity contribution in [3.63, 3.8) is 0 Å². The maximum Gasteiger partial charge on any atom is 0.0541 e. The highest BCUT2D eigenvalue weighted by molar-refractivity contribution is 6.22. The fraction of sp³-hybridized carbons (Fsp3) is 0. The molecule has 346 valence electrons. The van der Waals surface area contributed by atoms with Crippen molar-refractivity contribution in [1.82, 2.24) is 4.57 Å². The van der Waals surface area contributed by atoms with E-state index in [9.17, 15) is 0 Å². The first-order valence-corrected chi connectivity index (χ1v) is 25.5. The summed E-state index contributed by atoms with van der Waals surface area (Å²) >= 11 is 0. The van der Waals surface area contributed by atoms with Crippen molar-refractivity contribution < 1.29 is 0 Å². The van der Waals surface area contributed by atoms with Crippen LogP contribution < -0.4 is 4.90 Å². The molecule has 0 saturated carbocycles. The summed E-state index contributed by atoms with van der Waals surface area (Å²) in [7, 11) is 0. The third-order valence-electron chi connectivity index (χ3n) is 14.9. The summed E-state index contributed by atoms with van der Waals surface area (Å²) in [4.78, 5) is 2.43. The molecule has 2 nitrogen and oxygen atoms in total. The zero-order chi connectivity index (χ0) is 49.0. The van der Waals surface area contributed by atoms with E-state index in [2.05, 4.69) is 301 Å². The Bertz CT molecular complexity index is 4410. The standard InChI is InChI=1S/C72H48N2/c1-4-21-50(22-5-1)71-66-37-13-12-35-63(66)64-42-40-54(48-68(64)72(71)51-23-6-2-7-24-51)52-26-16-31-58(44-52)73(60-33-18-28-56(46-60)62-38-19-25-49-20-10-11-34-61(49)62)59-32-17-27-53(45-59)55-41-43-70-67(47-55)65-36-14-15-39-69(65)74(70)57-29-8-3-9-30-57/h1-48H. The van der Waals surface area contributed by atoms with Crippen molar-refractivity contribution in [3.8, 4) is 61.3 Å². The van der Waals surface area contributed by atoms with Crippen molar-refractivity contribution >= 4 is 71.2 Å². The smallest absolute Gasteiger partial charge is 0.0541 e. The number of fused-ring (bicyclic) bond motifs is 7. The molecule has 13 aromatic carbocycles. The average Bonchev–Trinajstić information content (AvgIpc) is 3.83. The molecular formula is C72H48N2. The van der Waals surface area contributed by atoms with Gasteiger partial charge in [0.25, 0.3) is 0 Å². The van der Waals surface area contributed by atoms with Crippen LogP contribution in [0.25, 0.3) is 115 Å². The molecule has 0 amide bonds. The number of hydrogen-bond acceptors (Lipinski definition) is 1. The predicted octanol–water partition coefficient (Wildman–Crippen LogP) is 20.0.